The molecule has 0 bridgehead atoms. The van der Waals surface area contributed by atoms with Gasteiger partial charge in [0.25, 0.3) is 0 Å². The third-order valence-electron chi connectivity index (χ3n) is 2.94. The molecule has 1 aliphatic rings. The van der Waals surface area contributed by atoms with E-state index in [-0.39, 0.29) is 23.8 Å². The highest BCUT2D eigenvalue weighted by molar-refractivity contribution is 6.27. The molecule has 1 saturated heterocycles. The van der Waals surface area contributed by atoms with Crippen LogP contribution in [-0.2, 0) is 4.79 Å². The number of likely N-dealkylation sites (tertiary alicyclic amines) is 1. The Morgan fingerprint density at radius 1 is 1.60 bits per heavy atom. The molecule has 1 amide bonds. The summed E-state index contributed by atoms with van der Waals surface area (Å²) >= 11 is 5.52. The highest BCUT2D eigenvalue weighted by Gasteiger charge is 2.29. The number of aliphatic hydroxyl groups is 1. The second kappa shape index (κ2) is 5.71. The van der Waals surface area contributed by atoms with Crippen LogP contribution in [0.2, 0.25) is 0 Å². The summed E-state index contributed by atoms with van der Waals surface area (Å²) in [6, 6.07) is 0. The number of hydrogen-bond acceptors (Lipinski definition) is 2. The molecule has 0 radical (unpaired) electrons. The minimum Gasteiger partial charge on any atom is -0.393 e. The van der Waals surface area contributed by atoms with Crippen LogP contribution < -0.4 is 0 Å². The van der Waals surface area contributed by atoms with Gasteiger partial charge in [-0.3, -0.25) is 4.79 Å². The zero-order valence-electron chi connectivity index (χ0n) is 9.45. The van der Waals surface area contributed by atoms with E-state index in [1.165, 1.54) is 0 Å². The molecular weight excluding hydrogens is 214 g/mol. The predicted molar refractivity (Wildman–Crippen MR) is 60.9 cm³/mol. The molecule has 0 aromatic heterocycles. The van der Waals surface area contributed by atoms with Crippen molar-refractivity contribution in [3.8, 4) is 0 Å². The second-order valence-electron chi connectivity index (χ2n) is 4.72. The van der Waals surface area contributed by atoms with E-state index in [0.29, 0.717) is 25.4 Å². The molecule has 1 rings (SSSR count). The van der Waals surface area contributed by atoms with Crippen LogP contribution in [0, 0.1) is 11.8 Å². The Bertz CT molecular complexity index is 221. The topological polar surface area (TPSA) is 40.5 Å². The van der Waals surface area contributed by atoms with Gasteiger partial charge in [0.15, 0.2) is 0 Å². The van der Waals surface area contributed by atoms with Gasteiger partial charge in [0.1, 0.15) is 5.88 Å². The quantitative estimate of drug-likeness (QED) is 0.751. The molecule has 0 aliphatic carbocycles. The van der Waals surface area contributed by atoms with E-state index >= 15 is 0 Å². The number of rotatable bonds is 3. The zero-order chi connectivity index (χ0) is 11.4. The van der Waals surface area contributed by atoms with Crippen LogP contribution in [-0.4, -0.2) is 41.0 Å². The fourth-order valence-corrected chi connectivity index (χ4v) is 2.34. The molecule has 1 aliphatic heterocycles. The Kier molecular flexibility index (Phi) is 4.87. The van der Waals surface area contributed by atoms with Crippen LogP contribution in [0.15, 0.2) is 0 Å². The zero-order valence-corrected chi connectivity index (χ0v) is 10.2. The number of alkyl halides is 1. The van der Waals surface area contributed by atoms with Crippen LogP contribution in [0.25, 0.3) is 0 Å². The Morgan fingerprint density at radius 2 is 2.27 bits per heavy atom. The maximum Gasteiger partial charge on any atom is 0.237 e. The van der Waals surface area contributed by atoms with Crippen LogP contribution in [0.3, 0.4) is 0 Å². The summed E-state index contributed by atoms with van der Waals surface area (Å²) in [5, 5.41) is 9.82. The van der Waals surface area contributed by atoms with E-state index in [0.717, 1.165) is 6.42 Å². The number of aliphatic hydroxyl groups excluding tert-OH is 1. The van der Waals surface area contributed by atoms with Crippen molar-refractivity contribution in [2.45, 2.75) is 32.8 Å². The summed E-state index contributed by atoms with van der Waals surface area (Å²) in [5.41, 5.74) is 0. The fraction of sp³-hybridized carbons (Fsp3) is 0.909. The highest BCUT2D eigenvalue weighted by atomic mass is 35.5. The summed E-state index contributed by atoms with van der Waals surface area (Å²) in [6.45, 7) is 5.57. The Hall–Kier alpha value is -0.280. The average molecular weight is 234 g/mol. The molecular formula is C11H20ClNO2. The molecule has 0 saturated carbocycles. The minimum atomic E-state index is -0.258. The second-order valence-corrected chi connectivity index (χ2v) is 4.99. The van der Waals surface area contributed by atoms with E-state index in [1.54, 1.807) is 4.90 Å². The van der Waals surface area contributed by atoms with Gasteiger partial charge in [0, 0.05) is 19.0 Å². The van der Waals surface area contributed by atoms with Crippen molar-refractivity contribution >= 4 is 17.5 Å². The molecule has 0 aromatic carbocycles. The van der Waals surface area contributed by atoms with Crippen LogP contribution in [0.5, 0.6) is 0 Å². The Morgan fingerprint density at radius 3 is 2.80 bits per heavy atom. The molecule has 1 heterocycles. The Labute approximate surface area is 96.4 Å². The van der Waals surface area contributed by atoms with Crippen molar-refractivity contribution < 1.29 is 9.90 Å². The van der Waals surface area contributed by atoms with Crippen LogP contribution in [0.4, 0.5) is 0 Å². The van der Waals surface area contributed by atoms with Crippen molar-refractivity contribution in [3.63, 3.8) is 0 Å². The molecule has 0 spiro atoms. The number of amides is 1. The Balaban J connectivity index is 2.51. The van der Waals surface area contributed by atoms with Crippen LogP contribution >= 0.6 is 11.6 Å². The summed E-state index contributed by atoms with van der Waals surface area (Å²) in [4.78, 5) is 13.2. The molecule has 15 heavy (non-hydrogen) atoms. The lowest BCUT2D eigenvalue weighted by Crippen LogP contribution is -2.46. The minimum absolute atomic E-state index is 0.0164. The predicted octanol–water partition coefficient (Wildman–Crippen LogP) is 1.48. The SMILES string of the molecule is CC(C)C[C@@H]1CN(C(=O)CCl)CC[C@H]1O. The maximum absolute atomic E-state index is 11.4. The smallest absolute Gasteiger partial charge is 0.237 e. The first-order chi connectivity index (χ1) is 7.04. The van der Waals surface area contributed by atoms with Crippen molar-refractivity contribution in [3.05, 3.63) is 0 Å². The van der Waals surface area contributed by atoms with Crippen molar-refractivity contribution in [2.24, 2.45) is 11.8 Å². The summed E-state index contributed by atoms with van der Waals surface area (Å²) < 4.78 is 0. The van der Waals surface area contributed by atoms with E-state index in [2.05, 4.69) is 13.8 Å². The number of carbonyl (C=O) groups is 1. The lowest BCUT2D eigenvalue weighted by molar-refractivity contribution is -0.132. The van der Waals surface area contributed by atoms with Crippen molar-refractivity contribution in [1.82, 2.24) is 4.90 Å². The van der Waals surface area contributed by atoms with Crippen LogP contribution in [0.1, 0.15) is 26.7 Å². The number of piperidine rings is 1. The number of nitrogens with zero attached hydrogens (tertiary/aromatic N) is 1. The largest absolute Gasteiger partial charge is 0.393 e. The van der Waals surface area contributed by atoms with E-state index in [1.807, 2.05) is 0 Å². The van der Waals surface area contributed by atoms with Crippen molar-refractivity contribution in [2.75, 3.05) is 19.0 Å². The molecule has 1 fully saturated rings. The molecule has 0 aromatic rings. The van der Waals surface area contributed by atoms with Gasteiger partial charge in [-0.05, 0) is 18.8 Å². The van der Waals surface area contributed by atoms with E-state index in [9.17, 15) is 9.90 Å². The third-order valence-corrected chi connectivity index (χ3v) is 3.16. The van der Waals surface area contributed by atoms with E-state index in [4.69, 9.17) is 11.6 Å². The first kappa shape index (κ1) is 12.8. The number of carbonyl (C=O) groups excluding carboxylic acids is 1. The monoisotopic (exact) mass is 233 g/mol. The maximum atomic E-state index is 11.4. The average Bonchev–Trinajstić information content (AvgIpc) is 2.19. The fourth-order valence-electron chi connectivity index (χ4n) is 2.17. The molecule has 0 unspecified atom stereocenters. The van der Waals surface area contributed by atoms with Gasteiger partial charge >= 0.3 is 0 Å². The highest BCUT2D eigenvalue weighted by Crippen LogP contribution is 2.23. The van der Waals surface area contributed by atoms with Gasteiger partial charge < -0.3 is 10.0 Å². The van der Waals surface area contributed by atoms with Crippen molar-refractivity contribution in [1.29, 1.82) is 0 Å². The molecule has 1 N–H and O–H groups in total. The van der Waals surface area contributed by atoms with Gasteiger partial charge in [-0.25, -0.2) is 0 Å². The van der Waals surface area contributed by atoms with Gasteiger partial charge in [0.2, 0.25) is 5.91 Å². The molecule has 2 atom stereocenters. The summed E-state index contributed by atoms with van der Waals surface area (Å²) in [6.07, 6.45) is 1.39. The number of hydrogen-bond donors (Lipinski definition) is 1. The standard InChI is InChI=1S/C11H20ClNO2/c1-8(2)5-9-7-13(11(15)6-12)4-3-10(9)14/h8-10,14H,3-7H2,1-2H3/t9-,10-/m1/s1. The molecule has 4 heteroatoms. The molecule has 88 valence electrons. The third kappa shape index (κ3) is 3.65. The summed E-state index contributed by atoms with van der Waals surface area (Å²) in [5.74, 6) is 0.795. The van der Waals surface area contributed by atoms with Gasteiger partial charge in [-0.1, -0.05) is 13.8 Å². The van der Waals surface area contributed by atoms with Gasteiger partial charge in [-0.15, -0.1) is 11.6 Å². The lowest BCUT2D eigenvalue weighted by Gasteiger charge is -2.36. The van der Waals surface area contributed by atoms with Gasteiger partial charge in [-0.2, -0.15) is 0 Å². The number of halogens is 1. The van der Waals surface area contributed by atoms with Gasteiger partial charge in [0.05, 0.1) is 6.10 Å². The van der Waals surface area contributed by atoms with E-state index < -0.39 is 0 Å². The first-order valence-electron chi connectivity index (χ1n) is 5.56. The first-order valence-corrected chi connectivity index (χ1v) is 6.09. The lowest BCUT2D eigenvalue weighted by atomic mass is 9.87. The molecule has 3 nitrogen and oxygen atoms in total. The summed E-state index contributed by atoms with van der Waals surface area (Å²) in [7, 11) is 0. The normalized spacial score (nSPS) is 27.1.